The first-order valence-electron chi connectivity index (χ1n) is 8.00. The molecule has 0 aromatic rings. The molecular weight excluding hydrogens is 266 g/mol. The fourth-order valence-corrected chi connectivity index (χ4v) is 2.41. The number of carbonyl (C=O) groups excluding carboxylic acids is 1. The summed E-state index contributed by atoms with van der Waals surface area (Å²) in [5.41, 5.74) is -1.12. The molecule has 1 heterocycles. The van der Waals surface area contributed by atoms with Gasteiger partial charge in [0.25, 0.3) is 0 Å². The molecule has 0 N–H and O–H groups in total. The van der Waals surface area contributed by atoms with Crippen LogP contribution in [-0.2, 0) is 9.47 Å². The number of allylic oxidation sites excluding steroid dienone is 1. The van der Waals surface area contributed by atoms with Crippen LogP contribution in [0.3, 0.4) is 0 Å². The average molecular weight is 297 g/mol. The molecule has 0 bridgehead atoms. The van der Waals surface area contributed by atoms with Gasteiger partial charge in [-0.1, -0.05) is 31.9 Å². The number of rotatable bonds is 5. The number of hydrogen-bond acceptors (Lipinski definition) is 3. The van der Waals surface area contributed by atoms with E-state index in [1.807, 2.05) is 34.6 Å². The SMILES string of the molecule is CCCCC/C=C\[C@@H]1COC(C)(C)N1C(=O)OC(C)(C)C. The van der Waals surface area contributed by atoms with E-state index < -0.39 is 11.3 Å². The number of nitrogens with zero attached hydrogens (tertiary/aromatic N) is 1. The molecule has 0 radical (unpaired) electrons. The van der Waals surface area contributed by atoms with Gasteiger partial charge in [0.15, 0.2) is 0 Å². The third-order valence-electron chi connectivity index (χ3n) is 3.44. The molecule has 122 valence electrons. The maximum Gasteiger partial charge on any atom is 0.413 e. The molecule has 1 atom stereocenters. The second kappa shape index (κ2) is 7.30. The van der Waals surface area contributed by atoms with Crippen molar-refractivity contribution in [2.45, 2.75) is 84.6 Å². The van der Waals surface area contributed by atoms with E-state index in [1.165, 1.54) is 19.3 Å². The molecule has 21 heavy (non-hydrogen) atoms. The molecule has 0 aromatic heterocycles. The Morgan fingerprint density at radius 2 is 2.05 bits per heavy atom. The molecule has 1 rings (SSSR count). The van der Waals surface area contributed by atoms with E-state index in [9.17, 15) is 4.79 Å². The Morgan fingerprint density at radius 1 is 1.38 bits per heavy atom. The van der Waals surface area contributed by atoms with Crippen molar-refractivity contribution in [1.29, 1.82) is 0 Å². The van der Waals surface area contributed by atoms with Crippen molar-refractivity contribution in [3.63, 3.8) is 0 Å². The Morgan fingerprint density at radius 3 is 2.62 bits per heavy atom. The van der Waals surface area contributed by atoms with Crippen LogP contribution in [0, 0.1) is 0 Å². The van der Waals surface area contributed by atoms with Crippen LogP contribution in [0.5, 0.6) is 0 Å². The maximum absolute atomic E-state index is 12.4. The third kappa shape index (κ3) is 5.70. The molecule has 0 unspecified atom stereocenters. The van der Waals surface area contributed by atoms with Gasteiger partial charge in [-0.25, -0.2) is 4.79 Å². The number of ether oxygens (including phenoxy) is 2. The first-order chi connectivity index (χ1) is 9.67. The Labute approximate surface area is 129 Å². The fourth-order valence-electron chi connectivity index (χ4n) is 2.41. The van der Waals surface area contributed by atoms with E-state index in [-0.39, 0.29) is 12.1 Å². The van der Waals surface area contributed by atoms with Gasteiger partial charge in [0.1, 0.15) is 11.3 Å². The molecule has 0 spiro atoms. The quantitative estimate of drug-likeness (QED) is 0.554. The number of amides is 1. The second-order valence-corrected chi connectivity index (χ2v) is 7.10. The molecule has 1 saturated heterocycles. The monoisotopic (exact) mass is 297 g/mol. The van der Waals surface area contributed by atoms with E-state index in [4.69, 9.17) is 9.47 Å². The first kappa shape index (κ1) is 18.0. The van der Waals surface area contributed by atoms with Crippen molar-refractivity contribution < 1.29 is 14.3 Å². The highest BCUT2D eigenvalue weighted by molar-refractivity contribution is 5.70. The Kier molecular flexibility index (Phi) is 6.26. The normalized spacial score (nSPS) is 22.0. The van der Waals surface area contributed by atoms with Gasteiger partial charge in [0.2, 0.25) is 0 Å². The van der Waals surface area contributed by atoms with Crippen molar-refractivity contribution in [1.82, 2.24) is 4.90 Å². The summed E-state index contributed by atoms with van der Waals surface area (Å²) in [7, 11) is 0. The molecule has 1 amide bonds. The van der Waals surface area contributed by atoms with Crippen molar-refractivity contribution in [3.05, 3.63) is 12.2 Å². The summed E-state index contributed by atoms with van der Waals surface area (Å²) in [4.78, 5) is 14.1. The minimum Gasteiger partial charge on any atom is -0.444 e. The molecule has 0 aromatic carbocycles. The first-order valence-corrected chi connectivity index (χ1v) is 8.00. The zero-order valence-electron chi connectivity index (χ0n) is 14.4. The number of carbonyl (C=O) groups is 1. The molecule has 1 aliphatic rings. The zero-order chi connectivity index (χ0) is 16.1. The van der Waals surface area contributed by atoms with E-state index in [0.717, 1.165) is 6.42 Å². The van der Waals surface area contributed by atoms with E-state index >= 15 is 0 Å². The average Bonchev–Trinajstić information content (AvgIpc) is 2.62. The van der Waals surface area contributed by atoms with Crippen molar-refractivity contribution in [2.75, 3.05) is 6.61 Å². The van der Waals surface area contributed by atoms with E-state index in [0.29, 0.717) is 6.61 Å². The summed E-state index contributed by atoms with van der Waals surface area (Å²) in [5, 5.41) is 0. The lowest BCUT2D eigenvalue weighted by molar-refractivity contribution is -0.0610. The molecular formula is C17H31NO3. The van der Waals surface area contributed by atoms with Crippen LogP contribution in [0.2, 0.25) is 0 Å². The molecule has 4 heteroatoms. The third-order valence-corrected chi connectivity index (χ3v) is 3.44. The molecule has 0 aliphatic carbocycles. The lowest BCUT2D eigenvalue weighted by Crippen LogP contribution is -2.49. The molecule has 1 fully saturated rings. The van der Waals surface area contributed by atoms with Gasteiger partial charge in [0.05, 0.1) is 12.6 Å². The van der Waals surface area contributed by atoms with Gasteiger partial charge >= 0.3 is 6.09 Å². The van der Waals surface area contributed by atoms with Crippen molar-refractivity contribution in [3.8, 4) is 0 Å². The highest BCUT2D eigenvalue weighted by Crippen LogP contribution is 2.30. The maximum atomic E-state index is 12.4. The number of hydrogen-bond donors (Lipinski definition) is 0. The Balaban J connectivity index is 2.68. The summed E-state index contributed by atoms with van der Waals surface area (Å²) >= 11 is 0. The van der Waals surface area contributed by atoms with Crippen molar-refractivity contribution >= 4 is 6.09 Å². The highest BCUT2D eigenvalue weighted by atomic mass is 16.6. The van der Waals surface area contributed by atoms with Gasteiger partial charge < -0.3 is 9.47 Å². The van der Waals surface area contributed by atoms with Gasteiger partial charge in [-0.05, 0) is 47.5 Å². The van der Waals surface area contributed by atoms with Gasteiger partial charge in [-0.3, -0.25) is 4.90 Å². The fraction of sp³-hybridized carbons (Fsp3) is 0.824. The van der Waals surface area contributed by atoms with Crippen LogP contribution in [0.15, 0.2) is 12.2 Å². The van der Waals surface area contributed by atoms with Crippen LogP contribution in [0.4, 0.5) is 4.79 Å². The van der Waals surface area contributed by atoms with Gasteiger partial charge in [-0.2, -0.15) is 0 Å². The largest absolute Gasteiger partial charge is 0.444 e. The molecule has 4 nitrogen and oxygen atoms in total. The van der Waals surface area contributed by atoms with Crippen LogP contribution >= 0.6 is 0 Å². The second-order valence-electron chi connectivity index (χ2n) is 7.10. The van der Waals surface area contributed by atoms with Crippen molar-refractivity contribution in [2.24, 2.45) is 0 Å². The van der Waals surface area contributed by atoms with Gasteiger partial charge in [-0.15, -0.1) is 0 Å². The Bertz CT molecular complexity index is 369. The number of unbranched alkanes of at least 4 members (excludes halogenated alkanes) is 3. The summed E-state index contributed by atoms with van der Waals surface area (Å²) in [5.74, 6) is 0. The van der Waals surface area contributed by atoms with Crippen LogP contribution in [0.1, 0.15) is 67.2 Å². The smallest absolute Gasteiger partial charge is 0.413 e. The summed E-state index contributed by atoms with van der Waals surface area (Å²) in [6, 6.07) is -0.0449. The zero-order valence-corrected chi connectivity index (χ0v) is 14.4. The minimum atomic E-state index is -0.624. The summed E-state index contributed by atoms with van der Waals surface area (Å²) in [6.07, 6.45) is 8.62. The summed E-state index contributed by atoms with van der Waals surface area (Å²) < 4.78 is 11.3. The minimum absolute atomic E-state index is 0.0449. The lowest BCUT2D eigenvalue weighted by atomic mass is 10.1. The predicted molar refractivity (Wildman–Crippen MR) is 85.2 cm³/mol. The predicted octanol–water partition coefficient (Wildman–Crippen LogP) is 4.49. The lowest BCUT2D eigenvalue weighted by Gasteiger charge is -2.34. The van der Waals surface area contributed by atoms with E-state index in [1.54, 1.807) is 4.90 Å². The van der Waals surface area contributed by atoms with Gasteiger partial charge in [0, 0.05) is 0 Å². The van der Waals surface area contributed by atoms with Crippen LogP contribution < -0.4 is 0 Å². The summed E-state index contributed by atoms with van der Waals surface area (Å²) in [6.45, 7) is 12.2. The van der Waals surface area contributed by atoms with Crippen LogP contribution in [-0.4, -0.2) is 35.0 Å². The molecule has 1 aliphatic heterocycles. The van der Waals surface area contributed by atoms with E-state index in [2.05, 4.69) is 19.1 Å². The highest BCUT2D eigenvalue weighted by Gasteiger charge is 2.44. The topological polar surface area (TPSA) is 38.8 Å². The Hall–Kier alpha value is -1.03. The van der Waals surface area contributed by atoms with Crippen LogP contribution in [0.25, 0.3) is 0 Å². The molecule has 0 saturated carbocycles. The standard InChI is InChI=1S/C17H31NO3/c1-7-8-9-10-11-12-14-13-20-17(5,6)18(14)15(19)21-16(2,3)4/h11-12,14H,7-10,13H2,1-6H3/b12-11-/t14-/m1/s1.